The Morgan fingerprint density at radius 2 is 1.56 bits per heavy atom. The molecule has 16 heavy (non-hydrogen) atoms. The Bertz CT molecular complexity index is 325. The van der Waals surface area contributed by atoms with Crippen LogP contribution >= 0.6 is 0 Å². The van der Waals surface area contributed by atoms with Gasteiger partial charge in [-0.05, 0) is 11.6 Å². The molecule has 0 unspecified atom stereocenters. The maximum absolute atomic E-state index is 4.13. The van der Waals surface area contributed by atoms with Gasteiger partial charge in [-0.1, -0.05) is 58.0 Å². The number of benzene rings is 1. The standard InChI is InChI=1S/C10H10N2.2C2H6/c1-2-5-10(6-3-1)9-12-8-4-7-11-12;2*1-2/h1-8H,9H2;2*1-2H3. The Labute approximate surface area is 98.9 Å². The molecule has 2 heteroatoms. The van der Waals surface area contributed by atoms with Crippen LogP contribution in [-0.4, -0.2) is 9.78 Å². The Morgan fingerprint density at radius 1 is 0.938 bits per heavy atom. The summed E-state index contributed by atoms with van der Waals surface area (Å²) >= 11 is 0. The molecule has 0 atom stereocenters. The molecule has 0 fully saturated rings. The summed E-state index contributed by atoms with van der Waals surface area (Å²) in [5.41, 5.74) is 1.28. The molecule has 0 saturated carbocycles. The quantitative estimate of drug-likeness (QED) is 0.745. The predicted molar refractivity (Wildman–Crippen MR) is 70.5 cm³/mol. The van der Waals surface area contributed by atoms with Crippen LogP contribution in [0.2, 0.25) is 0 Å². The van der Waals surface area contributed by atoms with E-state index in [1.165, 1.54) is 5.56 Å². The highest BCUT2D eigenvalue weighted by atomic mass is 15.3. The van der Waals surface area contributed by atoms with E-state index >= 15 is 0 Å². The van der Waals surface area contributed by atoms with Gasteiger partial charge in [-0.15, -0.1) is 0 Å². The molecule has 1 aromatic carbocycles. The first-order valence-corrected chi connectivity index (χ1v) is 5.96. The smallest absolute Gasteiger partial charge is 0.0659 e. The van der Waals surface area contributed by atoms with Crippen molar-refractivity contribution in [1.82, 2.24) is 9.78 Å². The number of hydrogen-bond donors (Lipinski definition) is 0. The van der Waals surface area contributed by atoms with E-state index in [1.54, 1.807) is 6.20 Å². The lowest BCUT2D eigenvalue weighted by Crippen LogP contribution is -1.98. The fourth-order valence-corrected chi connectivity index (χ4v) is 1.16. The molecule has 0 saturated heterocycles. The Kier molecular flexibility index (Phi) is 8.99. The molecule has 0 aliphatic carbocycles. The van der Waals surface area contributed by atoms with Gasteiger partial charge in [-0.2, -0.15) is 5.10 Å². The number of hydrogen-bond acceptors (Lipinski definition) is 1. The van der Waals surface area contributed by atoms with Crippen molar-refractivity contribution in [2.75, 3.05) is 0 Å². The zero-order chi connectivity index (χ0) is 12.2. The second-order valence-corrected chi connectivity index (χ2v) is 2.69. The second-order valence-electron chi connectivity index (χ2n) is 2.69. The van der Waals surface area contributed by atoms with Crippen LogP contribution in [0.5, 0.6) is 0 Å². The normalized spacial score (nSPS) is 8.25. The van der Waals surface area contributed by atoms with Gasteiger partial charge in [0.25, 0.3) is 0 Å². The number of rotatable bonds is 2. The molecule has 2 aromatic rings. The molecule has 0 aliphatic heterocycles. The molecule has 2 rings (SSSR count). The van der Waals surface area contributed by atoms with Crippen LogP contribution in [0.15, 0.2) is 48.8 Å². The molecule has 1 heterocycles. The summed E-state index contributed by atoms with van der Waals surface area (Å²) in [4.78, 5) is 0. The van der Waals surface area contributed by atoms with Gasteiger partial charge >= 0.3 is 0 Å². The summed E-state index contributed by atoms with van der Waals surface area (Å²) in [6.07, 6.45) is 3.76. The minimum atomic E-state index is 0.855. The maximum atomic E-state index is 4.13. The van der Waals surface area contributed by atoms with Crippen LogP contribution in [-0.2, 0) is 6.54 Å². The van der Waals surface area contributed by atoms with Crippen LogP contribution in [0.4, 0.5) is 0 Å². The van der Waals surface area contributed by atoms with E-state index in [9.17, 15) is 0 Å². The van der Waals surface area contributed by atoms with Crippen LogP contribution in [0.25, 0.3) is 0 Å². The second kappa shape index (κ2) is 9.97. The Balaban J connectivity index is 0.000000509. The summed E-state index contributed by atoms with van der Waals surface area (Å²) in [5, 5.41) is 4.13. The van der Waals surface area contributed by atoms with Crippen molar-refractivity contribution in [3.8, 4) is 0 Å². The summed E-state index contributed by atoms with van der Waals surface area (Å²) in [6, 6.07) is 12.2. The molecule has 2 nitrogen and oxygen atoms in total. The van der Waals surface area contributed by atoms with Gasteiger partial charge in [0.2, 0.25) is 0 Å². The van der Waals surface area contributed by atoms with E-state index < -0.39 is 0 Å². The van der Waals surface area contributed by atoms with E-state index in [-0.39, 0.29) is 0 Å². The van der Waals surface area contributed by atoms with Crippen molar-refractivity contribution >= 4 is 0 Å². The lowest BCUT2D eigenvalue weighted by atomic mass is 10.2. The van der Waals surface area contributed by atoms with E-state index in [2.05, 4.69) is 17.2 Å². The lowest BCUT2D eigenvalue weighted by Gasteiger charge is -1.99. The number of nitrogens with zero attached hydrogens (tertiary/aromatic N) is 2. The van der Waals surface area contributed by atoms with E-state index in [4.69, 9.17) is 0 Å². The third kappa shape index (κ3) is 5.35. The van der Waals surface area contributed by atoms with Crippen LogP contribution < -0.4 is 0 Å². The molecule has 0 amide bonds. The average molecular weight is 218 g/mol. The van der Waals surface area contributed by atoms with Gasteiger partial charge in [0.1, 0.15) is 0 Å². The zero-order valence-corrected chi connectivity index (χ0v) is 10.7. The van der Waals surface area contributed by atoms with Crippen molar-refractivity contribution in [3.63, 3.8) is 0 Å². The molecule has 0 radical (unpaired) electrons. The van der Waals surface area contributed by atoms with E-state index in [1.807, 2.05) is 62.8 Å². The minimum Gasteiger partial charge on any atom is -0.268 e. The zero-order valence-electron chi connectivity index (χ0n) is 10.7. The molecule has 1 aromatic heterocycles. The van der Waals surface area contributed by atoms with Gasteiger partial charge in [0.15, 0.2) is 0 Å². The van der Waals surface area contributed by atoms with Crippen LogP contribution in [0.1, 0.15) is 33.3 Å². The molecular formula is C14H22N2. The summed E-state index contributed by atoms with van der Waals surface area (Å²) in [6.45, 7) is 8.86. The van der Waals surface area contributed by atoms with Crippen molar-refractivity contribution in [2.45, 2.75) is 34.2 Å². The Morgan fingerprint density at radius 3 is 2.06 bits per heavy atom. The predicted octanol–water partition coefficient (Wildman–Crippen LogP) is 3.98. The highest BCUT2D eigenvalue weighted by Crippen LogP contribution is 2.00. The summed E-state index contributed by atoms with van der Waals surface area (Å²) in [7, 11) is 0. The van der Waals surface area contributed by atoms with Crippen molar-refractivity contribution in [3.05, 3.63) is 54.4 Å². The Hall–Kier alpha value is -1.57. The fraction of sp³-hybridized carbons (Fsp3) is 0.357. The fourth-order valence-electron chi connectivity index (χ4n) is 1.16. The third-order valence-corrected chi connectivity index (χ3v) is 1.75. The number of aromatic nitrogens is 2. The largest absolute Gasteiger partial charge is 0.268 e. The third-order valence-electron chi connectivity index (χ3n) is 1.75. The van der Waals surface area contributed by atoms with Gasteiger partial charge in [-0.25, -0.2) is 0 Å². The van der Waals surface area contributed by atoms with E-state index in [0.717, 1.165) is 6.54 Å². The molecule has 0 spiro atoms. The highest BCUT2D eigenvalue weighted by molar-refractivity contribution is 5.14. The van der Waals surface area contributed by atoms with Gasteiger partial charge in [0.05, 0.1) is 6.54 Å². The van der Waals surface area contributed by atoms with Crippen LogP contribution in [0, 0.1) is 0 Å². The summed E-state index contributed by atoms with van der Waals surface area (Å²) < 4.78 is 1.91. The lowest BCUT2D eigenvalue weighted by molar-refractivity contribution is 0.687. The minimum absolute atomic E-state index is 0.855. The maximum Gasteiger partial charge on any atom is 0.0659 e. The van der Waals surface area contributed by atoms with E-state index in [0.29, 0.717) is 0 Å². The van der Waals surface area contributed by atoms with Crippen molar-refractivity contribution < 1.29 is 0 Å². The first kappa shape index (κ1) is 14.4. The SMILES string of the molecule is CC.CC.c1ccc(Cn2cccn2)cc1. The molecule has 0 N–H and O–H groups in total. The molecule has 0 aliphatic rings. The van der Waals surface area contributed by atoms with Crippen molar-refractivity contribution in [2.24, 2.45) is 0 Å². The summed E-state index contributed by atoms with van der Waals surface area (Å²) in [5.74, 6) is 0. The van der Waals surface area contributed by atoms with Crippen molar-refractivity contribution in [1.29, 1.82) is 0 Å². The molecular weight excluding hydrogens is 196 g/mol. The van der Waals surface area contributed by atoms with Gasteiger partial charge in [-0.3, -0.25) is 4.68 Å². The first-order valence-electron chi connectivity index (χ1n) is 5.96. The van der Waals surface area contributed by atoms with Crippen LogP contribution in [0.3, 0.4) is 0 Å². The first-order chi connectivity index (χ1) is 7.95. The molecule has 88 valence electrons. The van der Waals surface area contributed by atoms with Gasteiger partial charge in [0, 0.05) is 12.4 Å². The highest BCUT2D eigenvalue weighted by Gasteiger charge is 1.91. The molecule has 0 bridgehead atoms. The van der Waals surface area contributed by atoms with Gasteiger partial charge < -0.3 is 0 Å². The monoisotopic (exact) mass is 218 g/mol. The topological polar surface area (TPSA) is 17.8 Å². The average Bonchev–Trinajstić information content (AvgIpc) is 2.88.